The van der Waals surface area contributed by atoms with Crippen molar-refractivity contribution >= 4 is 10.8 Å². The van der Waals surface area contributed by atoms with Gasteiger partial charge in [0, 0.05) is 22.1 Å². The Labute approximate surface area is 263 Å². The van der Waals surface area contributed by atoms with Crippen LogP contribution in [0.2, 0.25) is 0 Å². The summed E-state index contributed by atoms with van der Waals surface area (Å²) in [5.41, 5.74) is 14.8. The fourth-order valence-electron chi connectivity index (χ4n) is 8.69. The molecule has 7 aromatic rings. The third-order valence-electron chi connectivity index (χ3n) is 10.7. The van der Waals surface area contributed by atoms with Gasteiger partial charge >= 0.3 is 0 Å². The highest BCUT2D eigenvalue weighted by Gasteiger charge is 2.51. The largest absolute Gasteiger partial charge is 0.456 e. The molecule has 0 saturated carbocycles. The fraction of sp³-hybridized carbons (Fsp3) is 0.0909. The molecule has 212 valence electrons. The van der Waals surface area contributed by atoms with Crippen LogP contribution in [0.25, 0.3) is 44.2 Å². The van der Waals surface area contributed by atoms with E-state index in [0.717, 1.165) is 17.1 Å². The minimum atomic E-state index is -0.459. The number of fused-ring (bicyclic) bond motifs is 13. The monoisotopic (exact) mass is 574 g/mol. The molecule has 1 nitrogen and oxygen atoms in total. The standard InChI is InChI=1S/C44H30O/c1-43(2)39-26-29(22-23-33(39)34-24-27-12-3-4-13-28(27)25-40(34)43)30-16-11-20-38-42(30)45-41-21-10-9-19-37(41)44(38)35-17-7-5-14-31(35)32-15-6-8-18-36(32)44/h3-26H,1-2H3. The zero-order valence-corrected chi connectivity index (χ0v) is 25.3. The lowest BCUT2D eigenvalue weighted by Crippen LogP contribution is -2.32. The molecular formula is C44H30O. The number of hydrogen-bond acceptors (Lipinski definition) is 1. The Morgan fingerprint density at radius 3 is 1.71 bits per heavy atom. The molecule has 0 amide bonds. The highest BCUT2D eigenvalue weighted by molar-refractivity contribution is 5.95. The van der Waals surface area contributed by atoms with Gasteiger partial charge < -0.3 is 4.74 Å². The number of benzene rings is 7. The van der Waals surface area contributed by atoms with Crippen LogP contribution in [-0.2, 0) is 10.8 Å². The van der Waals surface area contributed by atoms with Crippen molar-refractivity contribution in [2.24, 2.45) is 0 Å². The predicted octanol–water partition coefficient (Wildman–Crippen LogP) is 11.3. The molecule has 1 heterocycles. The van der Waals surface area contributed by atoms with Crippen LogP contribution >= 0.6 is 0 Å². The zero-order valence-electron chi connectivity index (χ0n) is 25.3. The van der Waals surface area contributed by atoms with E-state index in [1.54, 1.807) is 0 Å². The number of ether oxygens (including phenoxy) is 1. The lowest BCUT2D eigenvalue weighted by molar-refractivity contribution is 0.438. The summed E-state index contributed by atoms with van der Waals surface area (Å²) < 4.78 is 6.97. The quantitative estimate of drug-likeness (QED) is 0.189. The topological polar surface area (TPSA) is 9.23 Å². The Kier molecular flexibility index (Phi) is 4.78. The van der Waals surface area contributed by atoms with Gasteiger partial charge in [-0.3, -0.25) is 0 Å². The summed E-state index contributed by atoms with van der Waals surface area (Å²) in [4.78, 5) is 0. The average molecular weight is 575 g/mol. The van der Waals surface area contributed by atoms with Crippen molar-refractivity contribution in [2.45, 2.75) is 24.7 Å². The third-order valence-corrected chi connectivity index (χ3v) is 10.7. The number of rotatable bonds is 1. The molecule has 1 aliphatic heterocycles. The lowest BCUT2D eigenvalue weighted by Gasteiger charge is -2.40. The van der Waals surface area contributed by atoms with Gasteiger partial charge in [0.15, 0.2) is 0 Å². The normalized spacial score (nSPS) is 15.4. The summed E-state index contributed by atoms with van der Waals surface area (Å²) in [6.07, 6.45) is 0. The van der Waals surface area contributed by atoms with E-state index >= 15 is 0 Å². The lowest BCUT2D eigenvalue weighted by atomic mass is 9.65. The zero-order chi connectivity index (χ0) is 29.9. The molecule has 0 unspecified atom stereocenters. The summed E-state index contributed by atoms with van der Waals surface area (Å²) in [5.74, 6) is 1.87. The summed E-state index contributed by atoms with van der Waals surface area (Å²) in [5, 5.41) is 2.58. The maximum atomic E-state index is 6.97. The van der Waals surface area contributed by atoms with Gasteiger partial charge in [0.1, 0.15) is 11.5 Å². The molecule has 0 fully saturated rings. The Morgan fingerprint density at radius 2 is 0.956 bits per heavy atom. The number of hydrogen-bond donors (Lipinski definition) is 0. The first-order chi connectivity index (χ1) is 22.1. The van der Waals surface area contributed by atoms with E-state index in [-0.39, 0.29) is 5.41 Å². The van der Waals surface area contributed by atoms with Crippen molar-refractivity contribution in [3.8, 4) is 44.9 Å². The van der Waals surface area contributed by atoms with Crippen LogP contribution in [-0.4, -0.2) is 0 Å². The van der Waals surface area contributed by atoms with Gasteiger partial charge in [0.05, 0.1) is 5.41 Å². The Morgan fingerprint density at radius 1 is 0.400 bits per heavy atom. The molecule has 1 spiro atoms. The van der Waals surface area contributed by atoms with Gasteiger partial charge in [-0.05, 0) is 85.1 Å². The highest BCUT2D eigenvalue weighted by Crippen LogP contribution is 2.63. The molecule has 10 rings (SSSR count). The maximum Gasteiger partial charge on any atom is 0.140 e. The van der Waals surface area contributed by atoms with Crippen LogP contribution in [0.1, 0.15) is 47.2 Å². The van der Waals surface area contributed by atoms with E-state index in [9.17, 15) is 0 Å². The average Bonchev–Trinajstić information content (AvgIpc) is 3.49. The van der Waals surface area contributed by atoms with Gasteiger partial charge in [0.25, 0.3) is 0 Å². The van der Waals surface area contributed by atoms with Crippen LogP contribution in [0.5, 0.6) is 11.5 Å². The smallest absolute Gasteiger partial charge is 0.140 e. The molecular weight excluding hydrogens is 544 g/mol. The molecule has 0 aromatic heterocycles. The van der Waals surface area contributed by atoms with Crippen LogP contribution in [0, 0.1) is 0 Å². The second kappa shape index (κ2) is 8.61. The second-order valence-electron chi connectivity index (χ2n) is 13.3. The molecule has 3 aliphatic rings. The number of para-hydroxylation sites is 2. The van der Waals surface area contributed by atoms with E-state index in [2.05, 4.69) is 159 Å². The van der Waals surface area contributed by atoms with Crippen LogP contribution in [0.15, 0.2) is 146 Å². The van der Waals surface area contributed by atoms with Gasteiger partial charge in [-0.25, -0.2) is 0 Å². The molecule has 0 bridgehead atoms. The Balaban J connectivity index is 1.23. The first kappa shape index (κ1) is 25.0. The maximum absolute atomic E-state index is 6.97. The molecule has 0 N–H and O–H groups in total. The van der Waals surface area contributed by atoms with Crippen molar-refractivity contribution in [3.05, 3.63) is 179 Å². The Hall–Kier alpha value is -5.40. The van der Waals surface area contributed by atoms with Gasteiger partial charge in [-0.15, -0.1) is 0 Å². The molecule has 0 atom stereocenters. The first-order valence-electron chi connectivity index (χ1n) is 15.9. The van der Waals surface area contributed by atoms with E-state index in [1.165, 1.54) is 72.0 Å². The third kappa shape index (κ3) is 3.08. The van der Waals surface area contributed by atoms with E-state index < -0.39 is 5.41 Å². The molecule has 7 aromatic carbocycles. The van der Waals surface area contributed by atoms with Crippen molar-refractivity contribution in [1.29, 1.82) is 0 Å². The van der Waals surface area contributed by atoms with Crippen molar-refractivity contribution < 1.29 is 4.74 Å². The Bertz CT molecular complexity index is 2340. The molecule has 1 heteroatoms. The highest BCUT2D eigenvalue weighted by atomic mass is 16.5. The minimum absolute atomic E-state index is 0.114. The van der Waals surface area contributed by atoms with Crippen LogP contribution in [0.3, 0.4) is 0 Å². The SMILES string of the molecule is CC1(C)c2cc(-c3cccc4c3Oc3ccccc3C43c4ccccc4-c4ccccc43)ccc2-c2cc3ccccc3cc21. The van der Waals surface area contributed by atoms with Gasteiger partial charge in [0.2, 0.25) is 0 Å². The van der Waals surface area contributed by atoms with Crippen molar-refractivity contribution in [3.63, 3.8) is 0 Å². The van der Waals surface area contributed by atoms with Gasteiger partial charge in [-0.1, -0.05) is 135 Å². The summed E-state index contributed by atoms with van der Waals surface area (Å²) >= 11 is 0. The summed E-state index contributed by atoms with van der Waals surface area (Å²) in [6, 6.07) is 53.7. The summed E-state index contributed by atoms with van der Waals surface area (Å²) in [6.45, 7) is 4.73. The summed E-state index contributed by atoms with van der Waals surface area (Å²) in [7, 11) is 0. The van der Waals surface area contributed by atoms with Crippen molar-refractivity contribution in [2.75, 3.05) is 0 Å². The second-order valence-corrected chi connectivity index (χ2v) is 13.3. The molecule has 2 aliphatic carbocycles. The fourth-order valence-corrected chi connectivity index (χ4v) is 8.69. The minimum Gasteiger partial charge on any atom is -0.456 e. The van der Waals surface area contributed by atoms with E-state index in [4.69, 9.17) is 4.74 Å². The molecule has 0 radical (unpaired) electrons. The first-order valence-corrected chi connectivity index (χ1v) is 15.9. The van der Waals surface area contributed by atoms with Gasteiger partial charge in [-0.2, -0.15) is 0 Å². The predicted molar refractivity (Wildman–Crippen MR) is 184 cm³/mol. The van der Waals surface area contributed by atoms with Crippen molar-refractivity contribution in [1.82, 2.24) is 0 Å². The molecule has 0 saturated heterocycles. The van der Waals surface area contributed by atoms with Crippen LogP contribution < -0.4 is 4.74 Å². The van der Waals surface area contributed by atoms with E-state index in [0.29, 0.717) is 0 Å². The van der Waals surface area contributed by atoms with E-state index in [1.807, 2.05) is 0 Å². The van der Waals surface area contributed by atoms with Crippen LogP contribution in [0.4, 0.5) is 0 Å². The molecule has 45 heavy (non-hydrogen) atoms.